The molecule has 0 aliphatic heterocycles. The SMILES string of the molecule is CCC(NC(=O)c1cc(O)ccc1N)C1CCCCC1. The highest BCUT2D eigenvalue weighted by atomic mass is 16.3. The van der Waals surface area contributed by atoms with Gasteiger partial charge in [-0.1, -0.05) is 26.2 Å². The van der Waals surface area contributed by atoms with Crippen molar-refractivity contribution in [1.29, 1.82) is 0 Å². The summed E-state index contributed by atoms with van der Waals surface area (Å²) in [7, 11) is 0. The highest BCUT2D eigenvalue weighted by Crippen LogP contribution is 2.28. The Labute approximate surface area is 120 Å². The second-order valence-corrected chi connectivity index (χ2v) is 5.66. The molecule has 110 valence electrons. The van der Waals surface area contributed by atoms with Crippen molar-refractivity contribution < 1.29 is 9.90 Å². The van der Waals surface area contributed by atoms with Gasteiger partial charge >= 0.3 is 0 Å². The minimum absolute atomic E-state index is 0.0649. The van der Waals surface area contributed by atoms with Gasteiger partial charge in [-0.2, -0.15) is 0 Å². The van der Waals surface area contributed by atoms with Gasteiger partial charge in [0, 0.05) is 11.7 Å². The lowest BCUT2D eigenvalue weighted by atomic mass is 9.83. The number of nitrogens with two attached hydrogens (primary N) is 1. The van der Waals surface area contributed by atoms with Crippen molar-refractivity contribution in [3.63, 3.8) is 0 Å². The number of carbonyl (C=O) groups is 1. The summed E-state index contributed by atoms with van der Waals surface area (Å²) < 4.78 is 0. The van der Waals surface area contributed by atoms with Gasteiger partial charge in [0.05, 0.1) is 5.56 Å². The summed E-state index contributed by atoms with van der Waals surface area (Å²) in [4.78, 5) is 12.3. The van der Waals surface area contributed by atoms with Crippen molar-refractivity contribution in [1.82, 2.24) is 5.32 Å². The van der Waals surface area contributed by atoms with Crippen LogP contribution in [0.1, 0.15) is 55.8 Å². The number of anilines is 1. The van der Waals surface area contributed by atoms with E-state index < -0.39 is 0 Å². The van der Waals surface area contributed by atoms with Crippen molar-refractivity contribution >= 4 is 11.6 Å². The number of amides is 1. The Balaban J connectivity index is 2.06. The topological polar surface area (TPSA) is 75.3 Å². The van der Waals surface area contributed by atoms with E-state index in [2.05, 4.69) is 12.2 Å². The van der Waals surface area contributed by atoms with E-state index in [4.69, 9.17) is 5.73 Å². The minimum Gasteiger partial charge on any atom is -0.508 e. The number of carbonyl (C=O) groups excluding carboxylic acids is 1. The molecule has 0 heterocycles. The van der Waals surface area contributed by atoms with Crippen LogP contribution in [0.25, 0.3) is 0 Å². The highest BCUT2D eigenvalue weighted by molar-refractivity contribution is 5.99. The zero-order valence-corrected chi connectivity index (χ0v) is 12.1. The van der Waals surface area contributed by atoms with Crippen LogP contribution in [0.2, 0.25) is 0 Å². The third-order valence-corrected chi connectivity index (χ3v) is 4.26. The molecule has 0 radical (unpaired) electrons. The predicted octanol–water partition coefficient (Wildman–Crippen LogP) is 3.06. The quantitative estimate of drug-likeness (QED) is 0.584. The fourth-order valence-electron chi connectivity index (χ4n) is 3.08. The molecule has 1 aromatic carbocycles. The van der Waals surface area contributed by atoms with Crippen LogP contribution in [0, 0.1) is 5.92 Å². The average molecular weight is 276 g/mol. The van der Waals surface area contributed by atoms with Gasteiger partial charge in [0.2, 0.25) is 0 Å². The number of aromatic hydroxyl groups is 1. The lowest BCUT2D eigenvalue weighted by molar-refractivity contribution is 0.0911. The first kappa shape index (κ1) is 14.7. The molecule has 0 bridgehead atoms. The molecular weight excluding hydrogens is 252 g/mol. The maximum Gasteiger partial charge on any atom is 0.253 e. The monoisotopic (exact) mass is 276 g/mol. The Hall–Kier alpha value is -1.71. The third-order valence-electron chi connectivity index (χ3n) is 4.26. The van der Waals surface area contributed by atoms with E-state index in [1.807, 2.05) is 0 Å². The van der Waals surface area contributed by atoms with Crippen molar-refractivity contribution in [3.05, 3.63) is 23.8 Å². The summed E-state index contributed by atoms with van der Waals surface area (Å²) in [5.74, 6) is 0.446. The van der Waals surface area contributed by atoms with Gasteiger partial charge < -0.3 is 16.2 Å². The van der Waals surface area contributed by atoms with Crippen molar-refractivity contribution in [2.45, 2.75) is 51.5 Å². The maximum absolute atomic E-state index is 12.3. The van der Waals surface area contributed by atoms with E-state index in [0.29, 0.717) is 17.2 Å². The standard InChI is InChI=1S/C16H24N2O2/c1-2-15(11-6-4-3-5-7-11)18-16(20)13-10-12(19)8-9-14(13)17/h8-11,15,19H,2-7,17H2,1H3,(H,18,20). The maximum atomic E-state index is 12.3. The molecule has 1 amide bonds. The van der Waals surface area contributed by atoms with Gasteiger partial charge in [-0.3, -0.25) is 4.79 Å². The summed E-state index contributed by atoms with van der Waals surface area (Å²) in [5, 5.41) is 12.6. The van der Waals surface area contributed by atoms with E-state index in [0.717, 1.165) is 6.42 Å². The highest BCUT2D eigenvalue weighted by Gasteiger charge is 2.24. The molecule has 2 rings (SSSR count). The average Bonchev–Trinajstić information content (AvgIpc) is 2.48. The second-order valence-electron chi connectivity index (χ2n) is 5.66. The van der Waals surface area contributed by atoms with Gasteiger partial charge in [-0.05, 0) is 43.4 Å². The van der Waals surface area contributed by atoms with Crippen LogP contribution in [-0.2, 0) is 0 Å². The molecule has 1 saturated carbocycles. The molecule has 1 unspecified atom stereocenters. The number of rotatable bonds is 4. The minimum atomic E-state index is -0.184. The number of nitrogen functional groups attached to an aromatic ring is 1. The Morgan fingerprint density at radius 3 is 2.75 bits per heavy atom. The first-order chi connectivity index (χ1) is 9.61. The van der Waals surface area contributed by atoms with Crippen molar-refractivity contribution in [2.75, 3.05) is 5.73 Å². The summed E-state index contributed by atoms with van der Waals surface area (Å²) in [6, 6.07) is 4.68. The van der Waals surface area contributed by atoms with Crippen molar-refractivity contribution in [2.24, 2.45) is 5.92 Å². The zero-order valence-electron chi connectivity index (χ0n) is 12.1. The van der Waals surface area contributed by atoms with Crippen LogP contribution in [-0.4, -0.2) is 17.1 Å². The molecular formula is C16H24N2O2. The van der Waals surface area contributed by atoms with E-state index in [1.165, 1.54) is 44.2 Å². The first-order valence-corrected chi connectivity index (χ1v) is 7.51. The Bertz CT molecular complexity index is 468. The number of phenolic OH excluding ortho intramolecular Hbond substituents is 1. The van der Waals surface area contributed by atoms with Crippen LogP contribution in [0.5, 0.6) is 5.75 Å². The van der Waals surface area contributed by atoms with Gasteiger partial charge in [0.25, 0.3) is 5.91 Å². The summed E-state index contributed by atoms with van der Waals surface area (Å²) in [5.41, 5.74) is 6.58. The van der Waals surface area contributed by atoms with Crippen LogP contribution >= 0.6 is 0 Å². The van der Waals surface area contributed by atoms with E-state index in [-0.39, 0.29) is 17.7 Å². The normalized spacial score (nSPS) is 17.6. The smallest absolute Gasteiger partial charge is 0.253 e. The lowest BCUT2D eigenvalue weighted by Gasteiger charge is -2.30. The number of hydrogen-bond donors (Lipinski definition) is 3. The fraction of sp³-hybridized carbons (Fsp3) is 0.562. The first-order valence-electron chi connectivity index (χ1n) is 7.51. The summed E-state index contributed by atoms with van der Waals surface area (Å²) in [6.45, 7) is 2.10. The van der Waals surface area contributed by atoms with Crippen LogP contribution in [0.4, 0.5) is 5.69 Å². The van der Waals surface area contributed by atoms with E-state index >= 15 is 0 Å². The third kappa shape index (κ3) is 3.44. The largest absolute Gasteiger partial charge is 0.508 e. The van der Waals surface area contributed by atoms with Crippen LogP contribution in [0.3, 0.4) is 0 Å². The molecule has 20 heavy (non-hydrogen) atoms. The molecule has 0 aromatic heterocycles. The molecule has 1 aliphatic rings. The van der Waals surface area contributed by atoms with E-state index in [9.17, 15) is 9.90 Å². The number of benzene rings is 1. The molecule has 0 spiro atoms. The number of phenols is 1. The lowest BCUT2D eigenvalue weighted by Crippen LogP contribution is -2.40. The molecule has 1 atom stereocenters. The Morgan fingerprint density at radius 2 is 2.10 bits per heavy atom. The van der Waals surface area contributed by atoms with Crippen LogP contribution in [0.15, 0.2) is 18.2 Å². The van der Waals surface area contributed by atoms with Gasteiger partial charge in [-0.15, -0.1) is 0 Å². The van der Waals surface area contributed by atoms with Gasteiger partial charge in [0.15, 0.2) is 0 Å². The molecule has 0 saturated heterocycles. The van der Waals surface area contributed by atoms with Gasteiger partial charge in [0.1, 0.15) is 5.75 Å². The Morgan fingerprint density at radius 1 is 1.40 bits per heavy atom. The Kier molecular flexibility index (Phi) is 4.88. The number of hydrogen-bond acceptors (Lipinski definition) is 3. The molecule has 1 aliphatic carbocycles. The summed E-state index contributed by atoms with van der Waals surface area (Å²) >= 11 is 0. The molecule has 4 N–H and O–H groups in total. The predicted molar refractivity (Wildman–Crippen MR) is 80.6 cm³/mol. The molecule has 1 aromatic rings. The molecule has 1 fully saturated rings. The zero-order chi connectivity index (χ0) is 14.5. The molecule has 4 nitrogen and oxygen atoms in total. The van der Waals surface area contributed by atoms with Crippen molar-refractivity contribution in [3.8, 4) is 5.75 Å². The summed E-state index contributed by atoms with van der Waals surface area (Å²) in [6.07, 6.45) is 7.12. The molecule has 4 heteroatoms. The second kappa shape index (κ2) is 6.64. The fourth-order valence-corrected chi connectivity index (χ4v) is 3.08. The number of nitrogens with one attached hydrogen (secondary N) is 1. The van der Waals surface area contributed by atoms with Crippen LogP contribution < -0.4 is 11.1 Å². The van der Waals surface area contributed by atoms with E-state index in [1.54, 1.807) is 6.07 Å². The van der Waals surface area contributed by atoms with Gasteiger partial charge in [-0.25, -0.2) is 0 Å².